The Hall–Kier alpha value is -1.92. The number of halogens is 3. The van der Waals surface area contributed by atoms with Crippen molar-refractivity contribution in [1.29, 1.82) is 0 Å². The highest BCUT2D eigenvalue weighted by Crippen LogP contribution is 2.25. The van der Waals surface area contributed by atoms with Crippen molar-refractivity contribution >= 4 is 6.09 Å². The normalized spacial score (nSPS) is 18.5. The number of carbonyl (C=O) groups is 1. The predicted octanol–water partition coefficient (Wildman–Crippen LogP) is 3.49. The lowest BCUT2D eigenvalue weighted by Crippen LogP contribution is -2.36. The number of benzene rings is 1. The molecule has 1 amide bonds. The lowest BCUT2D eigenvalue weighted by molar-refractivity contribution is 0.0275. The van der Waals surface area contributed by atoms with Crippen molar-refractivity contribution in [1.82, 2.24) is 4.90 Å². The van der Waals surface area contributed by atoms with Crippen molar-refractivity contribution in [2.75, 3.05) is 13.1 Å². The molecular weight excluding hydrogens is 299 g/mol. The Morgan fingerprint density at radius 3 is 2.45 bits per heavy atom. The first kappa shape index (κ1) is 16.5. The van der Waals surface area contributed by atoms with E-state index in [1.165, 1.54) is 4.90 Å². The molecule has 7 heteroatoms. The number of hydrogen-bond acceptors (Lipinski definition) is 3. The van der Waals surface area contributed by atoms with Crippen molar-refractivity contribution in [3.63, 3.8) is 0 Å². The molecule has 2 rings (SSSR count). The van der Waals surface area contributed by atoms with Crippen LogP contribution in [0.4, 0.5) is 18.0 Å². The van der Waals surface area contributed by atoms with E-state index >= 15 is 0 Å². The third-order valence-electron chi connectivity index (χ3n) is 3.07. The van der Waals surface area contributed by atoms with Gasteiger partial charge in [0.25, 0.3) is 0 Å². The van der Waals surface area contributed by atoms with E-state index in [4.69, 9.17) is 9.47 Å². The summed E-state index contributed by atoms with van der Waals surface area (Å²) in [6, 6.07) is 1.10. The summed E-state index contributed by atoms with van der Waals surface area (Å²) in [5.74, 6) is -3.80. The largest absolute Gasteiger partial charge is 0.485 e. The van der Waals surface area contributed by atoms with Crippen LogP contribution >= 0.6 is 0 Å². The molecule has 1 saturated heterocycles. The molecule has 0 aromatic heterocycles. The molecule has 1 aromatic carbocycles. The first-order chi connectivity index (χ1) is 10.2. The van der Waals surface area contributed by atoms with Gasteiger partial charge in [0.05, 0.1) is 6.54 Å². The van der Waals surface area contributed by atoms with Crippen molar-refractivity contribution in [3.8, 4) is 5.75 Å². The maximum Gasteiger partial charge on any atom is 0.410 e. The van der Waals surface area contributed by atoms with E-state index in [1.807, 2.05) is 0 Å². The molecule has 0 radical (unpaired) electrons. The van der Waals surface area contributed by atoms with Gasteiger partial charge in [-0.2, -0.15) is 0 Å². The lowest BCUT2D eigenvalue weighted by atomic mass is 10.2. The van der Waals surface area contributed by atoms with E-state index in [1.54, 1.807) is 20.8 Å². The monoisotopic (exact) mass is 317 g/mol. The van der Waals surface area contributed by atoms with Gasteiger partial charge in [-0.05, 0) is 20.8 Å². The van der Waals surface area contributed by atoms with Crippen LogP contribution in [0.15, 0.2) is 12.1 Å². The molecule has 0 bridgehead atoms. The Labute approximate surface area is 126 Å². The average molecular weight is 317 g/mol. The van der Waals surface area contributed by atoms with Gasteiger partial charge < -0.3 is 14.4 Å². The van der Waals surface area contributed by atoms with Gasteiger partial charge in [0.15, 0.2) is 23.2 Å². The number of amides is 1. The summed E-state index contributed by atoms with van der Waals surface area (Å²) < 4.78 is 50.0. The molecule has 1 aliphatic rings. The van der Waals surface area contributed by atoms with E-state index in [-0.39, 0.29) is 12.3 Å². The van der Waals surface area contributed by atoms with Crippen LogP contribution in [-0.2, 0) is 4.74 Å². The Morgan fingerprint density at radius 2 is 1.82 bits per heavy atom. The summed E-state index contributed by atoms with van der Waals surface area (Å²) in [4.78, 5) is 13.3. The standard InChI is InChI=1S/C15H18F3NO3/c1-15(2,3)22-14(20)19-5-4-9(8-19)21-13-7-11(17)10(16)6-12(13)18/h6-7,9H,4-5,8H2,1-3H3. The van der Waals surface area contributed by atoms with Crippen LogP contribution in [0.1, 0.15) is 27.2 Å². The summed E-state index contributed by atoms with van der Waals surface area (Å²) in [6.07, 6.45) is -0.520. The summed E-state index contributed by atoms with van der Waals surface area (Å²) in [7, 11) is 0. The molecule has 1 atom stereocenters. The van der Waals surface area contributed by atoms with Crippen LogP contribution in [-0.4, -0.2) is 35.8 Å². The summed E-state index contributed by atoms with van der Waals surface area (Å²) in [5.41, 5.74) is -0.609. The van der Waals surface area contributed by atoms with Gasteiger partial charge in [-0.3, -0.25) is 0 Å². The van der Waals surface area contributed by atoms with E-state index in [0.29, 0.717) is 25.1 Å². The molecule has 1 heterocycles. The van der Waals surface area contributed by atoms with Crippen molar-refractivity contribution in [3.05, 3.63) is 29.6 Å². The maximum atomic E-state index is 13.5. The summed E-state index contributed by atoms with van der Waals surface area (Å²) in [5, 5.41) is 0. The molecule has 1 aromatic rings. The SMILES string of the molecule is CC(C)(C)OC(=O)N1CCC(Oc2cc(F)c(F)cc2F)C1. The van der Waals surface area contributed by atoms with Gasteiger partial charge in [0.2, 0.25) is 0 Å². The summed E-state index contributed by atoms with van der Waals surface area (Å²) in [6.45, 7) is 5.86. The van der Waals surface area contributed by atoms with E-state index in [9.17, 15) is 18.0 Å². The van der Waals surface area contributed by atoms with Crippen LogP contribution in [0, 0.1) is 17.5 Å². The van der Waals surface area contributed by atoms with Gasteiger partial charge in [0.1, 0.15) is 11.7 Å². The van der Waals surface area contributed by atoms with Gasteiger partial charge in [0, 0.05) is 25.1 Å². The molecule has 1 fully saturated rings. The number of likely N-dealkylation sites (tertiary alicyclic amines) is 1. The van der Waals surface area contributed by atoms with Crippen LogP contribution < -0.4 is 4.74 Å². The Morgan fingerprint density at radius 1 is 1.18 bits per heavy atom. The van der Waals surface area contributed by atoms with Gasteiger partial charge in [-0.25, -0.2) is 18.0 Å². The number of rotatable bonds is 2. The third-order valence-corrected chi connectivity index (χ3v) is 3.07. The van der Waals surface area contributed by atoms with Crippen LogP contribution in [0.25, 0.3) is 0 Å². The van der Waals surface area contributed by atoms with Crippen LogP contribution in [0.5, 0.6) is 5.75 Å². The highest BCUT2D eigenvalue weighted by atomic mass is 19.2. The average Bonchev–Trinajstić information content (AvgIpc) is 2.82. The zero-order chi connectivity index (χ0) is 16.5. The second-order valence-corrected chi connectivity index (χ2v) is 6.15. The molecular formula is C15H18F3NO3. The molecule has 122 valence electrons. The highest BCUT2D eigenvalue weighted by Gasteiger charge is 2.31. The highest BCUT2D eigenvalue weighted by molar-refractivity contribution is 5.68. The quantitative estimate of drug-likeness (QED) is 0.784. The fourth-order valence-corrected chi connectivity index (χ4v) is 2.09. The first-order valence-corrected chi connectivity index (χ1v) is 6.95. The smallest absolute Gasteiger partial charge is 0.410 e. The molecule has 1 unspecified atom stereocenters. The third kappa shape index (κ3) is 4.05. The zero-order valence-electron chi connectivity index (χ0n) is 12.7. The maximum absolute atomic E-state index is 13.5. The van der Waals surface area contributed by atoms with Crippen molar-refractivity contribution < 1.29 is 27.4 Å². The minimum Gasteiger partial charge on any atom is -0.485 e. The Kier molecular flexibility index (Phi) is 4.53. The minimum atomic E-state index is -1.27. The van der Waals surface area contributed by atoms with Gasteiger partial charge >= 0.3 is 6.09 Å². The molecule has 4 nitrogen and oxygen atoms in total. The number of hydrogen-bond donors (Lipinski definition) is 0. The predicted molar refractivity (Wildman–Crippen MR) is 73.2 cm³/mol. The minimum absolute atomic E-state index is 0.202. The lowest BCUT2D eigenvalue weighted by Gasteiger charge is -2.24. The molecule has 0 saturated carbocycles. The van der Waals surface area contributed by atoms with Gasteiger partial charge in [-0.1, -0.05) is 0 Å². The molecule has 1 aliphatic heterocycles. The van der Waals surface area contributed by atoms with E-state index in [0.717, 1.165) is 0 Å². The molecule has 22 heavy (non-hydrogen) atoms. The van der Waals surface area contributed by atoms with Gasteiger partial charge in [-0.15, -0.1) is 0 Å². The van der Waals surface area contributed by atoms with Crippen molar-refractivity contribution in [2.45, 2.75) is 38.9 Å². The number of nitrogens with zero attached hydrogens (tertiary/aromatic N) is 1. The number of ether oxygens (including phenoxy) is 2. The Balaban J connectivity index is 1.97. The van der Waals surface area contributed by atoms with Crippen LogP contribution in [0.2, 0.25) is 0 Å². The zero-order valence-corrected chi connectivity index (χ0v) is 12.7. The fraction of sp³-hybridized carbons (Fsp3) is 0.533. The van der Waals surface area contributed by atoms with Crippen molar-refractivity contribution in [2.24, 2.45) is 0 Å². The second-order valence-electron chi connectivity index (χ2n) is 6.15. The van der Waals surface area contributed by atoms with E-state index in [2.05, 4.69) is 0 Å². The Bertz CT molecular complexity index is 572. The topological polar surface area (TPSA) is 38.8 Å². The van der Waals surface area contributed by atoms with Crippen LogP contribution in [0.3, 0.4) is 0 Å². The fourth-order valence-electron chi connectivity index (χ4n) is 2.09. The molecule has 0 N–H and O–H groups in total. The first-order valence-electron chi connectivity index (χ1n) is 6.95. The number of carbonyl (C=O) groups excluding carboxylic acids is 1. The van der Waals surface area contributed by atoms with E-state index < -0.39 is 35.2 Å². The molecule has 0 spiro atoms. The molecule has 0 aliphatic carbocycles. The summed E-state index contributed by atoms with van der Waals surface area (Å²) >= 11 is 0. The second kappa shape index (κ2) is 6.06.